The van der Waals surface area contributed by atoms with Gasteiger partial charge in [-0.15, -0.1) is 11.3 Å². The normalized spacial score (nSPS) is 12.5. The molecule has 0 aliphatic heterocycles. The van der Waals surface area contributed by atoms with Crippen LogP contribution in [0.3, 0.4) is 0 Å². The molecule has 282 valence electrons. The summed E-state index contributed by atoms with van der Waals surface area (Å²) in [6.45, 7) is 11.0. The van der Waals surface area contributed by atoms with Crippen molar-refractivity contribution in [3.05, 3.63) is 124 Å². The van der Waals surface area contributed by atoms with Gasteiger partial charge < -0.3 is 20.5 Å². The second-order valence-corrected chi connectivity index (χ2v) is 15.7. The lowest BCUT2D eigenvalue weighted by molar-refractivity contribution is -0.142. The van der Waals surface area contributed by atoms with E-state index in [2.05, 4.69) is 48.3 Å². The third kappa shape index (κ3) is 11.1. The Hall–Kier alpha value is -5.35. The van der Waals surface area contributed by atoms with Gasteiger partial charge >= 0.3 is 5.97 Å². The monoisotopic (exact) mass is 746 g/mol. The number of benzene rings is 3. The lowest BCUT2D eigenvalue weighted by atomic mass is 9.95. The van der Waals surface area contributed by atoms with E-state index >= 15 is 0 Å². The third-order valence-corrected chi connectivity index (χ3v) is 10.7. The topological polar surface area (TPSA) is 131 Å². The second kappa shape index (κ2) is 18.6. The zero-order valence-corrected chi connectivity index (χ0v) is 32.5. The maximum atomic E-state index is 13.8. The van der Waals surface area contributed by atoms with E-state index in [-0.39, 0.29) is 11.8 Å². The molecule has 0 aliphatic carbocycles. The van der Waals surface area contributed by atoms with Crippen LogP contribution in [0.25, 0.3) is 22.5 Å². The van der Waals surface area contributed by atoms with Crippen molar-refractivity contribution in [1.82, 2.24) is 20.6 Å². The largest absolute Gasteiger partial charge is 0.494 e. The highest BCUT2D eigenvalue weighted by molar-refractivity contribution is 7.14. The summed E-state index contributed by atoms with van der Waals surface area (Å²) in [6, 6.07) is 23.7. The van der Waals surface area contributed by atoms with E-state index < -0.39 is 29.9 Å². The van der Waals surface area contributed by atoms with E-state index in [1.807, 2.05) is 61.5 Å². The standard InChI is InChI=1S/C44H50N4O5S/c1-6-7-8-9-10-25-53-35-21-19-31(20-22-35)34-27-45-40(46-28-34)33-17-13-30(14-18-33)26-36(47-42(50)37-23-24-38(54-37)44(3,4)5)41(49)48-39(43(51)52)32-15-11-29(2)12-16-32/h11-24,27-28,36,39H,6-10,25-26H2,1-5H3,(H,47,50)(H,48,49)(H,51,52). The van der Waals surface area contributed by atoms with Gasteiger partial charge in [-0.1, -0.05) is 120 Å². The van der Waals surface area contributed by atoms with Crippen molar-refractivity contribution >= 4 is 29.1 Å². The number of nitrogens with one attached hydrogen (secondary N) is 2. The summed E-state index contributed by atoms with van der Waals surface area (Å²) >= 11 is 1.37. The molecule has 0 bridgehead atoms. The van der Waals surface area contributed by atoms with Crippen LogP contribution in [-0.4, -0.2) is 45.5 Å². The smallest absolute Gasteiger partial charge is 0.330 e. The number of aliphatic carboxylic acids is 1. The van der Waals surface area contributed by atoms with E-state index in [4.69, 9.17) is 4.74 Å². The minimum atomic E-state index is -1.29. The number of rotatable bonds is 17. The van der Waals surface area contributed by atoms with Gasteiger partial charge in [-0.2, -0.15) is 0 Å². The first kappa shape index (κ1) is 39.8. The molecule has 3 N–H and O–H groups in total. The van der Waals surface area contributed by atoms with Gasteiger partial charge in [0.15, 0.2) is 11.9 Å². The average molecular weight is 747 g/mol. The predicted molar refractivity (Wildman–Crippen MR) is 215 cm³/mol. The summed E-state index contributed by atoms with van der Waals surface area (Å²) in [5, 5.41) is 15.6. The molecule has 0 saturated carbocycles. The van der Waals surface area contributed by atoms with Crippen molar-refractivity contribution in [2.75, 3.05) is 6.61 Å². The summed E-state index contributed by atoms with van der Waals surface area (Å²) in [5.41, 5.74) is 4.69. The zero-order chi connectivity index (χ0) is 38.7. The fourth-order valence-electron chi connectivity index (χ4n) is 5.88. The summed E-state index contributed by atoms with van der Waals surface area (Å²) in [4.78, 5) is 50.2. The number of hydrogen-bond acceptors (Lipinski definition) is 7. The SMILES string of the molecule is CCCCCCCOc1ccc(-c2cnc(-c3ccc(CC(NC(=O)c4ccc(C(C)(C)C)s4)C(=O)NC(C(=O)O)c4ccc(C)cc4)cc3)nc2)cc1. The molecular weight excluding hydrogens is 697 g/mol. The molecule has 5 rings (SSSR count). The number of hydrogen-bond donors (Lipinski definition) is 3. The lowest BCUT2D eigenvalue weighted by Crippen LogP contribution is -2.49. The number of nitrogens with zero attached hydrogens (tertiary/aromatic N) is 2. The number of unbranched alkanes of at least 4 members (excludes halogenated alkanes) is 4. The van der Waals surface area contributed by atoms with Gasteiger partial charge in [-0.05, 0) is 59.7 Å². The molecule has 0 saturated heterocycles. The lowest BCUT2D eigenvalue weighted by Gasteiger charge is -2.22. The van der Waals surface area contributed by atoms with Gasteiger partial charge in [0, 0.05) is 34.8 Å². The molecule has 2 unspecified atom stereocenters. The molecule has 10 heteroatoms. The molecule has 3 aromatic carbocycles. The fraction of sp³-hybridized carbons (Fsp3) is 0.341. The van der Waals surface area contributed by atoms with E-state index in [1.165, 1.54) is 37.0 Å². The van der Waals surface area contributed by atoms with Gasteiger partial charge in [-0.3, -0.25) is 9.59 Å². The van der Waals surface area contributed by atoms with Crippen molar-refractivity contribution in [2.45, 2.75) is 90.6 Å². The number of aromatic nitrogens is 2. The van der Waals surface area contributed by atoms with Gasteiger partial charge in [0.05, 0.1) is 11.5 Å². The highest BCUT2D eigenvalue weighted by Gasteiger charge is 2.29. The van der Waals surface area contributed by atoms with Crippen LogP contribution in [0.4, 0.5) is 0 Å². The molecule has 2 aromatic heterocycles. The Morgan fingerprint density at radius 3 is 2.04 bits per heavy atom. The van der Waals surface area contributed by atoms with Crippen LogP contribution in [-0.2, 0) is 21.4 Å². The molecule has 2 amide bonds. The van der Waals surface area contributed by atoms with Crippen LogP contribution < -0.4 is 15.4 Å². The number of ether oxygens (including phenoxy) is 1. The molecule has 2 atom stereocenters. The van der Waals surface area contributed by atoms with Crippen LogP contribution in [0.15, 0.2) is 97.3 Å². The molecule has 9 nitrogen and oxygen atoms in total. The Morgan fingerprint density at radius 1 is 0.778 bits per heavy atom. The molecule has 5 aromatic rings. The Labute approximate surface area is 322 Å². The van der Waals surface area contributed by atoms with E-state index in [1.54, 1.807) is 42.7 Å². The highest BCUT2D eigenvalue weighted by Crippen LogP contribution is 2.30. The van der Waals surface area contributed by atoms with Crippen molar-refractivity contribution < 1.29 is 24.2 Å². The van der Waals surface area contributed by atoms with Gasteiger partial charge in [0.2, 0.25) is 5.91 Å². The molecule has 0 fully saturated rings. The van der Waals surface area contributed by atoms with Gasteiger partial charge in [0.25, 0.3) is 5.91 Å². The molecular formula is C44H50N4O5S. The Balaban J connectivity index is 1.27. The van der Waals surface area contributed by atoms with E-state index in [9.17, 15) is 19.5 Å². The molecule has 54 heavy (non-hydrogen) atoms. The average Bonchev–Trinajstić information content (AvgIpc) is 3.68. The quantitative estimate of drug-likeness (QED) is 0.0810. The number of carbonyl (C=O) groups is 3. The number of amides is 2. The Kier molecular flexibility index (Phi) is 13.7. The minimum absolute atomic E-state index is 0.133. The number of carboxylic acid groups (broad SMARTS) is 1. The number of carbonyl (C=O) groups excluding carboxylic acids is 2. The van der Waals surface area contributed by atoms with Crippen molar-refractivity contribution in [3.8, 4) is 28.3 Å². The van der Waals surface area contributed by atoms with E-state index in [0.717, 1.165) is 51.5 Å². The molecule has 0 aliphatic rings. The summed E-state index contributed by atoms with van der Waals surface area (Å²) in [5.74, 6) is -0.807. The van der Waals surface area contributed by atoms with Crippen molar-refractivity contribution in [3.63, 3.8) is 0 Å². The summed E-state index contributed by atoms with van der Waals surface area (Å²) < 4.78 is 5.90. The van der Waals surface area contributed by atoms with Gasteiger partial charge in [0.1, 0.15) is 11.8 Å². The molecule has 2 heterocycles. The second-order valence-electron chi connectivity index (χ2n) is 14.6. The number of carboxylic acids is 1. The van der Waals surface area contributed by atoms with Crippen LogP contribution in [0.2, 0.25) is 0 Å². The summed E-state index contributed by atoms with van der Waals surface area (Å²) in [6.07, 6.45) is 9.70. The maximum Gasteiger partial charge on any atom is 0.330 e. The third-order valence-electron chi connectivity index (χ3n) is 9.14. The highest BCUT2D eigenvalue weighted by atomic mass is 32.1. The van der Waals surface area contributed by atoms with Crippen molar-refractivity contribution in [2.24, 2.45) is 0 Å². The first-order valence-electron chi connectivity index (χ1n) is 18.6. The number of thiophene rings is 1. The fourth-order valence-corrected chi connectivity index (χ4v) is 6.85. The predicted octanol–water partition coefficient (Wildman–Crippen LogP) is 9.11. The van der Waals surface area contributed by atoms with E-state index in [0.29, 0.717) is 16.3 Å². The maximum absolute atomic E-state index is 13.8. The van der Waals surface area contributed by atoms with Crippen LogP contribution >= 0.6 is 11.3 Å². The summed E-state index contributed by atoms with van der Waals surface area (Å²) in [7, 11) is 0. The molecule has 0 radical (unpaired) electrons. The van der Waals surface area contributed by atoms with Crippen LogP contribution in [0, 0.1) is 6.92 Å². The first-order valence-corrected chi connectivity index (χ1v) is 19.4. The van der Waals surface area contributed by atoms with Crippen LogP contribution in [0.5, 0.6) is 5.75 Å². The molecule has 0 spiro atoms. The Morgan fingerprint density at radius 2 is 1.43 bits per heavy atom. The first-order chi connectivity index (χ1) is 25.9. The zero-order valence-electron chi connectivity index (χ0n) is 31.7. The van der Waals surface area contributed by atoms with Gasteiger partial charge in [-0.25, -0.2) is 14.8 Å². The van der Waals surface area contributed by atoms with Crippen LogP contribution in [0.1, 0.15) is 97.1 Å². The number of aryl methyl sites for hydroxylation is 1. The van der Waals surface area contributed by atoms with Crippen molar-refractivity contribution in [1.29, 1.82) is 0 Å². The Bertz CT molecular complexity index is 1980. The minimum Gasteiger partial charge on any atom is -0.494 e.